The van der Waals surface area contributed by atoms with Crippen LogP contribution in [0.15, 0.2) is 103 Å². The van der Waals surface area contributed by atoms with Crippen molar-refractivity contribution in [2.75, 3.05) is 32.8 Å². The van der Waals surface area contributed by atoms with Crippen LogP contribution in [-0.4, -0.2) is 60.8 Å². The van der Waals surface area contributed by atoms with Crippen LogP contribution < -0.4 is 10.6 Å². The number of piperidine rings is 1. The number of urea groups is 1. The Morgan fingerprint density at radius 3 is 2.16 bits per heavy atom. The smallest absolute Gasteiger partial charge is 0.315 e. The van der Waals surface area contributed by atoms with Crippen molar-refractivity contribution < 1.29 is 28.8 Å². The van der Waals surface area contributed by atoms with Crippen molar-refractivity contribution in [2.24, 2.45) is 0 Å². The number of ether oxygens (including phenoxy) is 4. The molecule has 4 aromatic carbocycles. The van der Waals surface area contributed by atoms with Crippen molar-refractivity contribution in [1.82, 2.24) is 15.5 Å². The molecule has 1 spiro atoms. The fraction of sp³-hybridized carbons (Fsp3) is 0.375. The van der Waals surface area contributed by atoms with Crippen molar-refractivity contribution in [2.45, 2.75) is 63.2 Å². The number of benzene rings is 4. The lowest BCUT2D eigenvalue weighted by atomic mass is 9.97. The first-order valence-electron chi connectivity index (χ1n) is 17.3. The molecule has 0 unspecified atom stereocenters. The van der Waals surface area contributed by atoms with E-state index >= 15 is 0 Å². The highest BCUT2D eigenvalue weighted by molar-refractivity contribution is 5.75. The molecule has 49 heavy (non-hydrogen) atoms. The molecule has 0 bridgehead atoms. The van der Waals surface area contributed by atoms with Gasteiger partial charge in [-0.25, -0.2) is 4.79 Å². The van der Waals surface area contributed by atoms with Crippen molar-refractivity contribution in [3.8, 4) is 11.1 Å². The maximum absolute atomic E-state index is 12.6. The highest BCUT2D eigenvalue weighted by Gasteiger charge is 2.41. The molecule has 0 aromatic heterocycles. The summed E-state index contributed by atoms with van der Waals surface area (Å²) in [6.07, 6.45) is 1.76. The number of rotatable bonds is 10. The van der Waals surface area contributed by atoms with E-state index in [-0.39, 0.29) is 24.8 Å². The van der Waals surface area contributed by atoms with E-state index in [1.54, 1.807) is 0 Å². The van der Waals surface area contributed by atoms with Crippen molar-refractivity contribution in [1.29, 1.82) is 0 Å². The molecule has 7 rings (SSSR count). The van der Waals surface area contributed by atoms with Crippen LogP contribution in [0.4, 0.5) is 4.79 Å². The predicted molar refractivity (Wildman–Crippen MR) is 186 cm³/mol. The number of hydrogen-bond donors (Lipinski definition) is 3. The quantitative estimate of drug-likeness (QED) is 0.185. The maximum atomic E-state index is 12.6. The number of aliphatic hydroxyl groups excluding tert-OH is 1. The molecule has 9 heteroatoms. The van der Waals surface area contributed by atoms with Gasteiger partial charge in [0, 0.05) is 57.5 Å². The molecule has 3 saturated heterocycles. The molecule has 3 aliphatic rings. The lowest BCUT2D eigenvalue weighted by Gasteiger charge is -2.41. The van der Waals surface area contributed by atoms with Gasteiger partial charge < -0.3 is 39.6 Å². The first-order valence-corrected chi connectivity index (χ1v) is 17.3. The van der Waals surface area contributed by atoms with Crippen LogP contribution in [0.3, 0.4) is 0 Å². The van der Waals surface area contributed by atoms with E-state index < -0.39 is 12.1 Å². The summed E-state index contributed by atoms with van der Waals surface area (Å²) in [6.45, 7) is 4.85. The number of aliphatic hydroxyl groups is 1. The Morgan fingerprint density at radius 2 is 1.43 bits per heavy atom. The highest BCUT2D eigenvalue weighted by Crippen LogP contribution is 2.39. The lowest BCUT2D eigenvalue weighted by molar-refractivity contribution is -0.255. The molecular weight excluding hydrogens is 618 g/mol. The summed E-state index contributed by atoms with van der Waals surface area (Å²) in [6, 6.07) is 34.1. The Labute approximate surface area is 288 Å². The topological polar surface area (TPSA) is 102 Å². The van der Waals surface area contributed by atoms with Crippen LogP contribution in [0, 0.1) is 0 Å². The van der Waals surface area contributed by atoms with Crippen molar-refractivity contribution >= 4 is 6.03 Å². The molecule has 3 atom stereocenters. The minimum Gasteiger partial charge on any atom is -0.392 e. The summed E-state index contributed by atoms with van der Waals surface area (Å²) >= 11 is 0. The molecule has 0 saturated carbocycles. The van der Waals surface area contributed by atoms with Crippen LogP contribution in [0.2, 0.25) is 0 Å². The average molecular weight is 664 g/mol. The number of nitrogens with one attached hydrogen (secondary N) is 2. The molecule has 3 heterocycles. The van der Waals surface area contributed by atoms with Crippen molar-refractivity contribution in [3.05, 3.63) is 131 Å². The summed E-state index contributed by atoms with van der Waals surface area (Å²) in [4.78, 5) is 15.0. The zero-order valence-corrected chi connectivity index (χ0v) is 27.8. The third-order valence-electron chi connectivity index (χ3n) is 9.75. The standard InChI is InChI=1S/C40H45N3O6/c44-28-30-10-12-32(13-11-30)37-24-35(27-43-20-18-40(19-21-43)46-22-23-47-40)48-38(49-37)33-16-14-31(15-17-33)36-9-5-4-8-34(36)26-42-39(45)41-25-29-6-2-1-3-7-29/h1-17,35,37-38,44H,18-28H2,(H2,41,42,45)/t35-,37+,38+/m1/s1. The van der Waals surface area contributed by atoms with Gasteiger partial charge in [-0.1, -0.05) is 103 Å². The van der Waals surface area contributed by atoms with Gasteiger partial charge >= 0.3 is 6.03 Å². The third kappa shape index (κ3) is 8.38. The zero-order valence-electron chi connectivity index (χ0n) is 27.8. The number of carbonyl (C=O) groups is 1. The lowest BCUT2D eigenvalue weighted by Crippen LogP contribution is -2.48. The summed E-state index contributed by atoms with van der Waals surface area (Å²) in [5, 5.41) is 15.5. The van der Waals surface area contributed by atoms with Crippen molar-refractivity contribution in [3.63, 3.8) is 0 Å². The molecule has 2 amide bonds. The summed E-state index contributed by atoms with van der Waals surface area (Å²) in [5.41, 5.74) is 7.09. The van der Waals surface area contributed by atoms with Crippen LogP contribution in [0.1, 0.15) is 59.5 Å². The fourth-order valence-corrected chi connectivity index (χ4v) is 6.98. The Kier molecular flexibility index (Phi) is 10.7. The fourth-order valence-electron chi connectivity index (χ4n) is 6.98. The second-order valence-corrected chi connectivity index (χ2v) is 13.1. The number of amides is 2. The van der Waals surface area contributed by atoms with Crippen LogP contribution >= 0.6 is 0 Å². The molecule has 256 valence electrons. The molecule has 4 aromatic rings. The molecule has 0 radical (unpaired) electrons. The Morgan fingerprint density at radius 1 is 0.755 bits per heavy atom. The molecule has 9 nitrogen and oxygen atoms in total. The van der Waals surface area contributed by atoms with E-state index in [1.165, 1.54) is 0 Å². The average Bonchev–Trinajstić information content (AvgIpc) is 3.62. The molecule has 3 N–H and O–H groups in total. The van der Waals surface area contributed by atoms with Gasteiger partial charge in [0.05, 0.1) is 32.0 Å². The largest absolute Gasteiger partial charge is 0.392 e. The molecule has 3 aliphatic heterocycles. The second kappa shape index (κ2) is 15.6. The first kappa shape index (κ1) is 33.4. The van der Waals surface area contributed by atoms with E-state index in [0.717, 1.165) is 77.8 Å². The van der Waals surface area contributed by atoms with Gasteiger partial charge in [0.1, 0.15) is 0 Å². The summed E-state index contributed by atoms with van der Waals surface area (Å²) < 4.78 is 25.2. The Bertz CT molecular complexity index is 1650. The molecular formula is C40H45N3O6. The maximum Gasteiger partial charge on any atom is 0.315 e. The van der Waals surface area contributed by atoms with Gasteiger partial charge in [0.15, 0.2) is 12.1 Å². The minimum atomic E-state index is -0.529. The van der Waals surface area contributed by atoms with Gasteiger partial charge in [-0.3, -0.25) is 0 Å². The van der Waals surface area contributed by atoms with E-state index in [1.807, 2.05) is 72.8 Å². The van der Waals surface area contributed by atoms with Gasteiger partial charge in [0.2, 0.25) is 0 Å². The molecule has 3 fully saturated rings. The SMILES string of the molecule is O=C(NCc1ccccc1)NCc1ccccc1-c1ccc([C@H]2O[C@@H](CN3CCC4(CC3)OCCO4)C[C@@H](c3ccc(CO)cc3)O2)cc1. The zero-order chi connectivity index (χ0) is 33.5. The number of carbonyl (C=O) groups excluding carboxylic acids is 1. The normalized spacial score (nSPS) is 22.2. The summed E-state index contributed by atoms with van der Waals surface area (Å²) in [5.74, 6) is -0.405. The highest BCUT2D eigenvalue weighted by atomic mass is 16.7. The van der Waals surface area contributed by atoms with Crippen LogP contribution in [-0.2, 0) is 38.6 Å². The number of nitrogens with zero attached hydrogens (tertiary/aromatic N) is 1. The van der Waals surface area contributed by atoms with Crippen LogP contribution in [0.25, 0.3) is 11.1 Å². The van der Waals surface area contributed by atoms with Gasteiger partial charge in [0.25, 0.3) is 0 Å². The van der Waals surface area contributed by atoms with E-state index in [2.05, 4.69) is 45.9 Å². The van der Waals surface area contributed by atoms with E-state index in [0.29, 0.717) is 26.3 Å². The van der Waals surface area contributed by atoms with Gasteiger partial charge in [-0.15, -0.1) is 0 Å². The van der Waals surface area contributed by atoms with Crippen LogP contribution in [0.5, 0.6) is 0 Å². The van der Waals surface area contributed by atoms with E-state index in [9.17, 15) is 9.90 Å². The Balaban J connectivity index is 1.02. The van der Waals surface area contributed by atoms with E-state index in [4.69, 9.17) is 18.9 Å². The van der Waals surface area contributed by atoms with Gasteiger partial charge in [-0.05, 0) is 33.4 Å². The molecule has 0 aliphatic carbocycles. The van der Waals surface area contributed by atoms with Gasteiger partial charge in [-0.2, -0.15) is 0 Å². The monoisotopic (exact) mass is 663 g/mol. The minimum absolute atomic E-state index is 0.0110. The second-order valence-electron chi connectivity index (χ2n) is 13.1. The number of hydrogen-bond acceptors (Lipinski definition) is 7. The summed E-state index contributed by atoms with van der Waals surface area (Å²) in [7, 11) is 0. The predicted octanol–water partition coefficient (Wildman–Crippen LogP) is 6.23. The first-order chi connectivity index (χ1) is 24.1. The number of likely N-dealkylation sites (tertiary alicyclic amines) is 1. The Hall–Kier alpha value is -4.09. The third-order valence-corrected chi connectivity index (χ3v) is 9.75.